The maximum absolute atomic E-state index is 14.0. The van der Waals surface area contributed by atoms with E-state index in [-0.39, 0.29) is 17.9 Å². The van der Waals surface area contributed by atoms with Crippen LogP contribution in [0.2, 0.25) is 0 Å². The lowest BCUT2D eigenvalue weighted by molar-refractivity contribution is -0.143. The highest BCUT2D eigenvalue weighted by Crippen LogP contribution is 2.37. The third kappa shape index (κ3) is 9.06. The molecule has 3 amide bonds. The van der Waals surface area contributed by atoms with E-state index in [1.165, 1.54) is 0 Å². The lowest BCUT2D eigenvalue weighted by Gasteiger charge is -2.35. The van der Waals surface area contributed by atoms with Crippen molar-refractivity contribution in [2.75, 3.05) is 18.6 Å². The molecular weight excluding hydrogens is 462 g/mol. The van der Waals surface area contributed by atoms with Crippen LogP contribution in [0.4, 0.5) is 4.79 Å². The Bertz CT molecular complexity index is 880. The second-order valence-electron chi connectivity index (χ2n) is 10.4. The Balaban J connectivity index is 2.42. The number of rotatable bonds is 12. The summed E-state index contributed by atoms with van der Waals surface area (Å²) < 4.78 is 5.44. The number of carbonyl (C=O) groups excluding carboxylic acids is 3. The SMILES string of the molecule is CCCCNC(=O)C(c1ccc(C)cc1C)N(C(=O)C(CCSC)NC(=O)OC(C)(C)C)C1CC1. The monoisotopic (exact) mass is 505 g/mol. The fourth-order valence-electron chi connectivity index (χ4n) is 4.03. The van der Waals surface area contributed by atoms with E-state index in [4.69, 9.17) is 4.74 Å². The minimum Gasteiger partial charge on any atom is -0.444 e. The number of nitrogens with zero attached hydrogens (tertiary/aromatic N) is 1. The maximum atomic E-state index is 14.0. The molecule has 0 bridgehead atoms. The zero-order chi connectivity index (χ0) is 26.2. The molecule has 0 heterocycles. The third-order valence-electron chi connectivity index (χ3n) is 5.87. The molecule has 35 heavy (non-hydrogen) atoms. The van der Waals surface area contributed by atoms with Gasteiger partial charge in [-0.2, -0.15) is 11.8 Å². The molecular formula is C27H43N3O4S. The van der Waals surface area contributed by atoms with Crippen LogP contribution in [0.5, 0.6) is 0 Å². The van der Waals surface area contributed by atoms with E-state index in [1.54, 1.807) is 37.4 Å². The topological polar surface area (TPSA) is 87.7 Å². The number of unbranched alkanes of at least 4 members (excludes halogenated alkanes) is 1. The Hall–Kier alpha value is -2.22. The van der Waals surface area contributed by atoms with Crippen LogP contribution in [0.1, 0.15) is 82.5 Å². The van der Waals surface area contributed by atoms with Crippen molar-refractivity contribution >= 4 is 29.7 Å². The summed E-state index contributed by atoms with van der Waals surface area (Å²) in [6, 6.07) is 4.44. The summed E-state index contributed by atoms with van der Waals surface area (Å²) in [6.45, 7) is 12.0. The van der Waals surface area contributed by atoms with Gasteiger partial charge in [0.2, 0.25) is 11.8 Å². The van der Waals surface area contributed by atoms with Gasteiger partial charge in [0.1, 0.15) is 17.7 Å². The number of nitrogens with one attached hydrogen (secondary N) is 2. The predicted octanol–water partition coefficient (Wildman–Crippen LogP) is 4.90. The molecule has 0 aliphatic heterocycles. The highest BCUT2D eigenvalue weighted by atomic mass is 32.2. The van der Waals surface area contributed by atoms with Crippen molar-refractivity contribution in [3.05, 3.63) is 34.9 Å². The van der Waals surface area contributed by atoms with E-state index < -0.39 is 23.8 Å². The molecule has 2 rings (SSSR count). The number of aryl methyl sites for hydroxylation is 2. The Kier molecular flexibility index (Phi) is 10.9. The molecule has 1 fully saturated rings. The smallest absolute Gasteiger partial charge is 0.408 e. The van der Waals surface area contributed by atoms with Crippen LogP contribution >= 0.6 is 11.8 Å². The zero-order valence-corrected chi connectivity index (χ0v) is 23.2. The van der Waals surface area contributed by atoms with Crippen molar-refractivity contribution in [1.29, 1.82) is 0 Å². The number of ether oxygens (including phenoxy) is 1. The molecule has 1 aromatic carbocycles. The van der Waals surface area contributed by atoms with Gasteiger partial charge in [-0.15, -0.1) is 0 Å². The maximum Gasteiger partial charge on any atom is 0.408 e. The fraction of sp³-hybridized carbons (Fsp3) is 0.667. The van der Waals surface area contributed by atoms with Crippen molar-refractivity contribution in [3.8, 4) is 0 Å². The molecule has 0 radical (unpaired) electrons. The molecule has 0 saturated heterocycles. The first-order valence-corrected chi connectivity index (χ1v) is 14.0. The third-order valence-corrected chi connectivity index (χ3v) is 6.51. The summed E-state index contributed by atoms with van der Waals surface area (Å²) in [5.74, 6) is 0.288. The summed E-state index contributed by atoms with van der Waals surface area (Å²) in [5.41, 5.74) is 2.23. The number of hydrogen-bond donors (Lipinski definition) is 2. The van der Waals surface area contributed by atoms with E-state index in [0.717, 1.165) is 42.4 Å². The van der Waals surface area contributed by atoms with Crippen molar-refractivity contribution in [2.45, 2.75) is 97.4 Å². The van der Waals surface area contributed by atoms with Gasteiger partial charge in [-0.05, 0) is 83.4 Å². The second kappa shape index (κ2) is 13.2. The van der Waals surface area contributed by atoms with E-state index in [9.17, 15) is 14.4 Å². The van der Waals surface area contributed by atoms with Crippen LogP contribution in [0.25, 0.3) is 0 Å². The average molecular weight is 506 g/mol. The number of hydrogen-bond acceptors (Lipinski definition) is 5. The molecule has 0 spiro atoms. The Morgan fingerprint density at radius 3 is 2.43 bits per heavy atom. The van der Waals surface area contributed by atoms with E-state index in [2.05, 4.69) is 17.6 Å². The molecule has 1 aromatic rings. The molecule has 7 nitrogen and oxygen atoms in total. The predicted molar refractivity (Wildman–Crippen MR) is 143 cm³/mol. The molecule has 1 aliphatic carbocycles. The highest BCUT2D eigenvalue weighted by molar-refractivity contribution is 7.98. The van der Waals surface area contributed by atoms with Gasteiger partial charge < -0.3 is 20.3 Å². The van der Waals surface area contributed by atoms with E-state index in [0.29, 0.717) is 18.7 Å². The molecule has 0 aromatic heterocycles. The largest absolute Gasteiger partial charge is 0.444 e. The van der Waals surface area contributed by atoms with Crippen LogP contribution in [0, 0.1) is 13.8 Å². The first kappa shape index (κ1) is 29.0. The van der Waals surface area contributed by atoms with Crippen LogP contribution in [0.3, 0.4) is 0 Å². The molecule has 196 valence electrons. The van der Waals surface area contributed by atoms with Crippen molar-refractivity contribution in [1.82, 2.24) is 15.5 Å². The van der Waals surface area contributed by atoms with Crippen LogP contribution < -0.4 is 10.6 Å². The van der Waals surface area contributed by atoms with Gasteiger partial charge in [-0.3, -0.25) is 9.59 Å². The standard InChI is InChI=1S/C27H43N3O4S/c1-8-9-15-28-24(31)23(21-13-10-18(2)17-19(21)3)30(20-11-12-20)25(32)22(14-16-35-7)29-26(33)34-27(4,5)6/h10,13,17,20,22-23H,8-9,11-12,14-16H2,1-7H3,(H,28,31)(H,29,33). The first-order chi connectivity index (χ1) is 16.5. The zero-order valence-electron chi connectivity index (χ0n) is 22.4. The molecule has 1 aliphatic rings. The van der Waals surface area contributed by atoms with E-state index in [1.807, 2.05) is 38.3 Å². The van der Waals surface area contributed by atoms with E-state index >= 15 is 0 Å². The molecule has 2 N–H and O–H groups in total. The van der Waals surface area contributed by atoms with Crippen LogP contribution in [0.15, 0.2) is 18.2 Å². The Morgan fingerprint density at radius 1 is 1.20 bits per heavy atom. The number of thioether (sulfide) groups is 1. The quantitative estimate of drug-likeness (QED) is 0.395. The summed E-state index contributed by atoms with van der Waals surface area (Å²) >= 11 is 1.61. The lowest BCUT2D eigenvalue weighted by atomic mass is 9.96. The fourth-order valence-corrected chi connectivity index (χ4v) is 4.50. The number of carbonyl (C=O) groups is 3. The van der Waals surface area contributed by atoms with Crippen molar-refractivity contribution in [3.63, 3.8) is 0 Å². The number of benzene rings is 1. The van der Waals surface area contributed by atoms with Crippen LogP contribution in [-0.2, 0) is 14.3 Å². The van der Waals surface area contributed by atoms with Crippen LogP contribution in [-0.4, -0.2) is 59.0 Å². The Labute approximate surface area is 215 Å². The first-order valence-electron chi connectivity index (χ1n) is 12.6. The van der Waals surface area contributed by atoms with Gasteiger partial charge in [0.25, 0.3) is 0 Å². The summed E-state index contributed by atoms with van der Waals surface area (Å²) in [6.07, 6.45) is 5.33. The summed E-state index contributed by atoms with van der Waals surface area (Å²) in [4.78, 5) is 41.9. The number of amides is 3. The van der Waals surface area contributed by atoms with Crippen molar-refractivity contribution in [2.24, 2.45) is 0 Å². The van der Waals surface area contributed by atoms with Crippen molar-refractivity contribution < 1.29 is 19.1 Å². The van der Waals surface area contributed by atoms with Gasteiger partial charge in [0, 0.05) is 12.6 Å². The molecule has 2 atom stereocenters. The summed E-state index contributed by atoms with van der Waals surface area (Å²) in [5, 5.41) is 5.84. The molecule has 1 saturated carbocycles. The second-order valence-corrected chi connectivity index (χ2v) is 11.3. The van der Waals surface area contributed by atoms with Gasteiger partial charge in [0.15, 0.2) is 0 Å². The normalized spacial score (nSPS) is 15.2. The minimum atomic E-state index is -0.769. The lowest BCUT2D eigenvalue weighted by Crippen LogP contribution is -2.54. The molecule has 2 unspecified atom stereocenters. The molecule has 8 heteroatoms. The number of alkyl carbamates (subject to hydrolysis) is 1. The highest BCUT2D eigenvalue weighted by Gasteiger charge is 2.44. The average Bonchev–Trinajstić information content (AvgIpc) is 3.59. The van der Waals surface area contributed by atoms with Gasteiger partial charge >= 0.3 is 6.09 Å². The van der Waals surface area contributed by atoms with Gasteiger partial charge in [-0.25, -0.2) is 4.79 Å². The minimum absolute atomic E-state index is 0.0256. The van der Waals surface area contributed by atoms with Gasteiger partial charge in [-0.1, -0.05) is 37.1 Å². The van der Waals surface area contributed by atoms with Gasteiger partial charge in [0.05, 0.1) is 0 Å². The summed E-state index contributed by atoms with van der Waals surface area (Å²) in [7, 11) is 0. The Morgan fingerprint density at radius 2 is 1.89 bits per heavy atom.